The number of anilines is 1. The van der Waals surface area contributed by atoms with Crippen molar-refractivity contribution in [1.29, 1.82) is 0 Å². The van der Waals surface area contributed by atoms with Gasteiger partial charge in [0.25, 0.3) is 6.43 Å². The molecule has 106 valence electrons. The van der Waals surface area contributed by atoms with Gasteiger partial charge in [0.05, 0.1) is 18.3 Å². The van der Waals surface area contributed by atoms with E-state index in [4.69, 9.17) is 0 Å². The first-order valence-electron chi connectivity index (χ1n) is 5.88. The Morgan fingerprint density at radius 1 is 1.40 bits per heavy atom. The zero-order valence-electron chi connectivity index (χ0n) is 10.4. The van der Waals surface area contributed by atoms with Gasteiger partial charge in [-0.25, -0.2) is 8.78 Å². The minimum atomic E-state index is -2.47. The Balaban J connectivity index is 1.95. The van der Waals surface area contributed by atoms with E-state index in [1.54, 1.807) is 0 Å². The maximum atomic E-state index is 12.2. The van der Waals surface area contributed by atoms with Gasteiger partial charge in [0.15, 0.2) is 0 Å². The molecule has 1 aromatic heterocycles. The van der Waals surface area contributed by atoms with Gasteiger partial charge in [-0.3, -0.25) is 9.48 Å². The first-order valence-corrected chi connectivity index (χ1v) is 6.68. The predicted molar refractivity (Wildman–Crippen MR) is 74.7 cm³/mol. The third kappa shape index (κ3) is 4.12. The fourth-order valence-corrected chi connectivity index (χ4v) is 2.11. The van der Waals surface area contributed by atoms with E-state index in [0.29, 0.717) is 5.69 Å². The Kier molecular flexibility index (Phi) is 4.84. The second kappa shape index (κ2) is 6.60. The number of amides is 1. The average molecular weight is 344 g/mol. The van der Waals surface area contributed by atoms with Crippen molar-refractivity contribution in [3.05, 3.63) is 46.7 Å². The minimum Gasteiger partial charge on any atom is -0.323 e. The summed E-state index contributed by atoms with van der Waals surface area (Å²) in [5.41, 5.74) is 1.26. The van der Waals surface area contributed by atoms with Gasteiger partial charge in [-0.15, -0.1) is 0 Å². The summed E-state index contributed by atoms with van der Waals surface area (Å²) < 4.78 is 26.3. The molecule has 1 amide bonds. The number of nitrogens with zero attached hydrogens (tertiary/aromatic N) is 2. The second-order valence-corrected chi connectivity index (χ2v) is 5.01. The molecule has 1 N–H and O–H groups in total. The Morgan fingerprint density at radius 3 is 2.85 bits per heavy atom. The van der Waals surface area contributed by atoms with Crippen molar-refractivity contribution in [2.75, 3.05) is 5.32 Å². The lowest BCUT2D eigenvalue weighted by atomic mass is 10.1. The van der Waals surface area contributed by atoms with Crippen LogP contribution in [0.4, 0.5) is 14.5 Å². The van der Waals surface area contributed by atoms with Crippen LogP contribution in [0.2, 0.25) is 0 Å². The zero-order valence-corrected chi connectivity index (χ0v) is 12.0. The van der Waals surface area contributed by atoms with E-state index in [2.05, 4.69) is 26.3 Å². The van der Waals surface area contributed by atoms with Crippen LogP contribution in [-0.2, 0) is 17.8 Å². The monoisotopic (exact) mass is 343 g/mol. The van der Waals surface area contributed by atoms with Gasteiger partial charge in [0, 0.05) is 10.7 Å². The van der Waals surface area contributed by atoms with E-state index in [1.165, 1.54) is 12.4 Å². The number of nitrogens with one attached hydrogen (secondary N) is 1. The highest BCUT2D eigenvalue weighted by molar-refractivity contribution is 9.10. The van der Waals surface area contributed by atoms with Gasteiger partial charge < -0.3 is 5.32 Å². The minimum absolute atomic E-state index is 0.196. The third-order valence-corrected chi connectivity index (χ3v) is 3.32. The van der Waals surface area contributed by atoms with Crippen molar-refractivity contribution in [2.45, 2.75) is 19.4 Å². The van der Waals surface area contributed by atoms with Crippen molar-refractivity contribution >= 4 is 27.5 Å². The number of hydrogen-bond donors (Lipinski definition) is 1. The molecule has 0 fully saturated rings. The molecule has 20 heavy (non-hydrogen) atoms. The number of halogens is 3. The molecule has 0 atom stereocenters. The Bertz CT molecular complexity index is 601. The summed E-state index contributed by atoms with van der Waals surface area (Å²) in [6, 6.07) is 7.39. The molecule has 4 nitrogen and oxygen atoms in total. The normalized spacial score (nSPS) is 10.8. The SMILES string of the molecule is O=C(Cc1ccccc1Br)Nc1cnn(CC(F)F)c1. The van der Waals surface area contributed by atoms with E-state index in [-0.39, 0.29) is 12.3 Å². The fourth-order valence-electron chi connectivity index (χ4n) is 1.69. The molecular formula is C13H12BrF2N3O. The average Bonchev–Trinajstić information content (AvgIpc) is 2.78. The largest absolute Gasteiger partial charge is 0.323 e. The number of carbonyl (C=O) groups excluding carboxylic acids is 1. The van der Waals surface area contributed by atoms with E-state index in [0.717, 1.165) is 14.7 Å². The second-order valence-electron chi connectivity index (χ2n) is 4.16. The van der Waals surface area contributed by atoms with Gasteiger partial charge in [-0.1, -0.05) is 34.1 Å². The maximum Gasteiger partial charge on any atom is 0.257 e. The fraction of sp³-hybridized carbons (Fsp3) is 0.231. The van der Waals surface area contributed by atoms with Crippen LogP contribution in [0.1, 0.15) is 5.56 Å². The van der Waals surface area contributed by atoms with Gasteiger partial charge in [-0.2, -0.15) is 5.10 Å². The van der Waals surface area contributed by atoms with Crippen LogP contribution in [0, 0.1) is 0 Å². The molecule has 1 aromatic carbocycles. The highest BCUT2D eigenvalue weighted by Crippen LogP contribution is 2.17. The Labute approximate surface area is 122 Å². The molecule has 2 rings (SSSR count). The summed E-state index contributed by atoms with van der Waals surface area (Å²) in [4.78, 5) is 11.8. The van der Waals surface area contributed by atoms with Crippen molar-refractivity contribution in [2.24, 2.45) is 0 Å². The van der Waals surface area contributed by atoms with E-state index in [1.807, 2.05) is 24.3 Å². The topological polar surface area (TPSA) is 46.9 Å². The molecule has 0 saturated carbocycles. The first kappa shape index (κ1) is 14.6. The van der Waals surface area contributed by atoms with Gasteiger partial charge in [0.2, 0.25) is 5.91 Å². The van der Waals surface area contributed by atoms with Crippen LogP contribution < -0.4 is 5.32 Å². The van der Waals surface area contributed by atoms with Gasteiger partial charge >= 0.3 is 0 Å². The molecule has 0 aliphatic rings. The van der Waals surface area contributed by atoms with Crippen LogP contribution in [0.25, 0.3) is 0 Å². The lowest BCUT2D eigenvalue weighted by molar-refractivity contribution is -0.115. The molecule has 1 heterocycles. The van der Waals surface area contributed by atoms with E-state index < -0.39 is 13.0 Å². The molecule has 0 saturated heterocycles. The Hall–Kier alpha value is -1.76. The zero-order chi connectivity index (χ0) is 14.5. The summed E-state index contributed by atoms with van der Waals surface area (Å²) in [6.07, 6.45) is 0.449. The van der Waals surface area contributed by atoms with Gasteiger partial charge in [0.1, 0.15) is 6.54 Å². The molecule has 0 unspecified atom stereocenters. The molecule has 7 heteroatoms. The number of aromatic nitrogens is 2. The highest BCUT2D eigenvalue weighted by Gasteiger charge is 2.09. The molecule has 0 spiro atoms. The summed E-state index contributed by atoms with van der Waals surface area (Å²) in [7, 11) is 0. The van der Waals surface area contributed by atoms with Gasteiger partial charge in [-0.05, 0) is 11.6 Å². The van der Waals surface area contributed by atoms with Crippen molar-refractivity contribution in [3.8, 4) is 0 Å². The standard InChI is InChI=1S/C13H12BrF2N3O/c14-11-4-2-1-3-9(11)5-13(20)18-10-6-17-19(7-10)8-12(15)16/h1-4,6-7,12H,5,8H2,(H,18,20). The summed E-state index contributed by atoms with van der Waals surface area (Å²) in [5.74, 6) is -0.228. The molecular weight excluding hydrogens is 332 g/mol. The predicted octanol–water partition coefficient (Wildman–Crippen LogP) is 3.09. The van der Waals surface area contributed by atoms with Crippen LogP contribution in [0.5, 0.6) is 0 Å². The van der Waals surface area contributed by atoms with Crippen LogP contribution in [-0.4, -0.2) is 22.1 Å². The number of carbonyl (C=O) groups is 1. The first-order chi connectivity index (χ1) is 9.54. The highest BCUT2D eigenvalue weighted by atomic mass is 79.9. The maximum absolute atomic E-state index is 12.2. The quantitative estimate of drug-likeness (QED) is 0.906. The number of benzene rings is 1. The van der Waals surface area contributed by atoms with Crippen LogP contribution in [0.3, 0.4) is 0 Å². The molecule has 2 aromatic rings. The molecule has 0 radical (unpaired) electrons. The molecule has 0 bridgehead atoms. The smallest absolute Gasteiger partial charge is 0.257 e. The number of hydrogen-bond acceptors (Lipinski definition) is 2. The van der Waals surface area contributed by atoms with E-state index >= 15 is 0 Å². The van der Waals surface area contributed by atoms with Crippen molar-refractivity contribution < 1.29 is 13.6 Å². The summed E-state index contributed by atoms with van der Waals surface area (Å²) >= 11 is 3.36. The van der Waals surface area contributed by atoms with Crippen LogP contribution >= 0.6 is 15.9 Å². The van der Waals surface area contributed by atoms with Crippen molar-refractivity contribution in [1.82, 2.24) is 9.78 Å². The number of rotatable bonds is 5. The molecule has 0 aliphatic carbocycles. The van der Waals surface area contributed by atoms with Crippen LogP contribution in [0.15, 0.2) is 41.1 Å². The third-order valence-electron chi connectivity index (χ3n) is 2.55. The Morgan fingerprint density at radius 2 is 2.15 bits per heavy atom. The number of alkyl halides is 2. The lowest BCUT2D eigenvalue weighted by Crippen LogP contribution is -2.14. The lowest BCUT2D eigenvalue weighted by Gasteiger charge is -2.04. The van der Waals surface area contributed by atoms with Crippen molar-refractivity contribution in [3.63, 3.8) is 0 Å². The summed E-state index contributed by atoms with van der Waals surface area (Å²) in [6.45, 7) is -0.486. The molecule has 0 aliphatic heterocycles. The van der Waals surface area contributed by atoms with E-state index in [9.17, 15) is 13.6 Å². The summed E-state index contributed by atoms with van der Waals surface area (Å²) in [5, 5.41) is 6.37.